The highest BCUT2D eigenvalue weighted by Gasteiger charge is 2.18. The predicted molar refractivity (Wildman–Crippen MR) is 55.5 cm³/mol. The number of halogens is 3. The molecular formula is C5H8FI2N. The van der Waals surface area contributed by atoms with Crippen LogP contribution in [0.5, 0.6) is 0 Å². The highest BCUT2D eigenvalue weighted by Crippen LogP contribution is 2.29. The maximum absolute atomic E-state index is 12.6. The predicted octanol–water partition coefficient (Wildman–Crippen LogP) is 2.96. The first kappa shape index (κ1) is 10.1. The molecule has 0 aromatic heterocycles. The van der Waals surface area contributed by atoms with Gasteiger partial charge in [0.1, 0.15) is 0 Å². The number of hydrogen-bond acceptors (Lipinski definition) is 1. The Labute approximate surface area is 81.8 Å². The number of aliphatic imine (C=N–C) groups is 1. The number of rotatable bonds is 2. The van der Waals surface area contributed by atoms with Crippen LogP contribution in [0, 0.1) is 0 Å². The summed E-state index contributed by atoms with van der Waals surface area (Å²) < 4.78 is 11.4. The van der Waals surface area contributed by atoms with Crippen LogP contribution in [0.1, 0.15) is 13.8 Å². The van der Waals surface area contributed by atoms with E-state index in [1.807, 2.05) is 13.8 Å². The smallest absolute Gasteiger partial charge is 0.229 e. The van der Waals surface area contributed by atoms with E-state index >= 15 is 0 Å². The third kappa shape index (κ3) is 9.06. The van der Waals surface area contributed by atoms with E-state index in [0.717, 1.165) is 5.71 Å². The molecule has 0 atom stereocenters. The lowest BCUT2D eigenvalue weighted by molar-refractivity contribution is 0.462. The van der Waals surface area contributed by atoms with Gasteiger partial charge in [-0.25, -0.2) is 4.39 Å². The molecule has 0 fully saturated rings. The van der Waals surface area contributed by atoms with Crippen LogP contribution in [0.4, 0.5) is 4.39 Å². The second-order valence-electron chi connectivity index (χ2n) is 1.88. The van der Waals surface area contributed by atoms with E-state index in [1.165, 1.54) is 0 Å². The summed E-state index contributed by atoms with van der Waals surface area (Å²) >= 11 is 3.45. The fourth-order valence-corrected chi connectivity index (χ4v) is 0.589. The Bertz CT molecular complexity index is 113. The van der Waals surface area contributed by atoms with Crippen molar-refractivity contribution in [3.63, 3.8) is 0 Å². The van der Waals surface area contributed by atoms with Crippen LogP contribution in [0.2, 0.25) is 0 Å². The van der Waals surface area contributed by atoms with Gasteiger partial charge in [-0.2, -0.15) is 0 Å². The molecule has 0 bridgehead atoms. The summed E-state index contributed by atoms with van der Waals surface area (Å²) in [5.74, 6) is 0. The van der Waals surface area contributed by atoms with E-state index in [1.54, 1.807) is 45.2 Å². The standard InChI is InChI=1S/C5H8FI2N/c1-4(2)9-3-5(6,7)8/h3H2,1-2H3. The van der Waals surface area contributed by atoms with Gasteiger partial charge in [0.05, 0.1) is 6.54 Å². The summed E-state index contributed by atoms with van der Waals surface area (Å²) in [6.07, 6.45) is 0. The largest absolute Gasteiger partial charge is 0.290 e. The molecule has 0 amide bonds. The summed E-state index contributed by atoms with van der Waals surface area (Å²) in [5.41, 5.74) is 0.922. The molecule has 0 aliphatic rings. The first-order valence-corrected chi connectivity index (χ1v) is 4.62. The molecule has 0 N–H and O–H groups in total. The molecule has 0 radical (unpaired) electrons. The van der Waals surface area contributed by atoms with E-state index in [9.17, 15) is 4.39 Å². The van der Waals surface area contributed by atoms with Gasteiger partial charge in [-0.05, 0) is 59.0 Å². The van der Waals surface area contributed by atoms with E-state index in [0.29, 0.717) is 0 Å². The SMILES string of the molecule is CC(C)=NCC(F)(I)I. The molecule has 0 spiro atoms. The second-order valence-corrected chi connectivity index (χ2v) is 7.36. The van der Waals surface area contributed by atoms with Gasteiger partial charge >= 0.3 is 0 Å². The Kier molecular flexibility index (Phi) is 4.52. The quantitative estimate of drug-likeness (QED) is 0.411. The first-order chi connectivity index (χ1) is 3.92. The van der Waals surface area contributed by atoms with Gasteiger partial charge in [0.25, 0.3) is 0 Å². The maximum Gasteiger partial charge on any atom is 0.229 e. The fourth-order valence-electron chi connectivity index (χ4n) is 0.248. The molecule has 0 rings (SSSR count). The Morgan fingerprint density at radius 3 is 2.11 bits per heavy atom. The molecule has 1 nitrogen and oxygen atoms in total. The molecule has 0 heterocycles. The van der Waals surface area contributed by atoms with Crippen molar-refractivity contribution in [3.05, 3.63) is 0 Å². The third-order valence-corrected chi connectivity index (χ3v) is 1.26. The van der Waals surface area contributed by atoms with Gasteiger partial charge in [0, 0.05) is 5.71 Å². The average molecular weight is 355 g/mol. The van der Waals surface area contributed by atoms with Gasteiger partial charge in [-0.15, -0.1) is 0 Å². The third-order valence-electron chi connectivity index (χ3n) is 0.575. The van der Waals surface area contributed by atoms with Crippen molar-refractivity contribution in [2.45, 2.75) is 15.5 Å². The van der Waals surface area contributed by atoms with Gasteiger partial charge in [0.2, 0.25) is 1.68 Å². The van der Waals surface area contributed by atoms with Crippen LogP contribution >= 0.6 is 45.2 Å². The minimum Gasteiger partial charge on any atom is -0.290 e. The van der Waals surface area contributed by atoms with Crippen LogP contribution in [-0.2, 0) is 0 Å². The van der Waals surface area contributed by atoms with Crippen molar-refractivity contribution in [3.8, 4) is 0 Å². The summed E-state index contributed by atoms with van der Waals surface area (Å²) in [6.45, 7) is 3.97. The second kappa shape index (κ2) is 4.05. The van der Waals surface area contributed by atoms with Crippen molar-refractivity contribution in [1.29, 1.82) is 0 Å². The van der Waals surface area contributed by atoms with Crippen molar-refractivity contribution in [2.75, 3.05) is 6.54 Å². The van der Waals surface area contributed by atoms with Crippen LogP contribution in [0.15, 0.2) is 4.99 Å². The highest BCUT2D eigenvalue weighted by atomic mass is 127. The molecule has 0 aliphatic carbocycles. The first-order valence-electron chi connectivity index (χ1n) is 2.46. The summed E-state index contributed by atoms with van der Waals surface area (Å²) in [5, 5.41) is 0. The molecule has 0 saturated heterocycles. The molecular weight excluding hydrogens is 347 g/mol. The molecule has 0 saturated carbocycles. The zero-order valence-corrected chi connectivity index (χ0v) is 9.60. The van der Waals surface area contributed by atoms with E-state index in [2.05, 4.69) is 4.99 Å². The van der Waals surface area contributed by atoms with Crippen LogP contribution in [0.3, 0.4) is 0 Å². The van der Waals surface area contributed by atoms with Gasteiger partial charge in [0.15, 0.2) is 0 Å². The highest BCUT2D eigenvalue weighted by molar-refractivity contribution is 14.2. The van der Waals surface area contributed by atoms with Crippen LogP contribution in [0.25, 0.3) is 0 Å². The minimum absolute atomic E-state index is 0.246. The van der Waals surface area contributed by atoms with Crippen molar-refractivity contribution in [1.82, 2.24) is 0 Å². The van der Waals surface area contributed by atoms with E-state index in [4.69, 9.17) is 0 Å². The number of alkyl halides is 3. The van der Waals surface area contributed by atoms with Gasteiger partial charge in [-0.1, -0.05) is 0 Å². The topological polar surface area (TPSA) is 12.4 Å². The monoisotopic (exact) mass is 355 g/mol. The molecule has 4 heteroatoms. The Balaban J connectivity index is 3.64. The van der Waals surface area contributed by atoms with Crippen molar-refractivity contribution in [2.24, 2.45) is 4.99 Å². The Morgan fingerprint density at radius 2 is 2.00 bits per heavy atom. The van der Waals surface area contributed by atoms with Gasteiger partial charge < -0.3 is 0 Å². The lowest BCUT2D eigenvalue weighted by Crippen LogP contribution is -2.07. The molecule has 0 aromatic carbocycles. The Morgan fingerprint density at radius 1 is 1.56 bits per heavy atom. The zero-order chi connectivity index (χ0) is 7.49. The van der Waals surface area contributed by atoms with E-state index < -0.39 is 1.68 Å². The van der Waals surface area contributed by atoms with Crippen LogP contribution < -0.4 is 0 Å². The minimum atomic E-state index is -1.22. The zero-order valence-electron chi connectivity index (χ0n) is 5.29. The normalized spacial score (nSPS) is 11.2. The Hall–Kier alpha value is 1.06. The lowest BCUT2D eigenvalue weighted by atomic mass is 10.5. The molecule has 9 heavy (non-hydrogen) atoms. The molecule has 54 valence electrons. The van der Waals surface area contributed by atoms with E-state index in [-0.39, 0.29) is 6.54 Å². The number of hydrogen-bond donors (Lipinski definition) is 0. The molecule has 0 aromatic rings. The fraction of sp³-hybridized carbons (Fsp3) is 0.800. The summed E-state index contributed by atoms with van der Waals surface area (Å²) in [6, 6.07) is 0. The molecule has 0 unspecified atom stereocenters. The number of nitrogens with zero attached hydrogens (tertiary/aromatic N) is 1. The average Bonchev–Trinajstić information content (AvgIpc) is 1.59. The summed E-state index contributed by atoms with van der Waals surface area (Å²) in [7, 11) is 0. The molecule has 0 aliphatic heterocycles. The lowest BCUT2D eigenvalue weighted by Gasteiger charge is -2.04. The van der Waals surface area contributed by atoms with Gasteiger partial charge in [-0.3, -0.25) is 4.99 Å². The van der Waals surface area contributed by atoms with Crippen molar-refractivity contribution < 1.29 is 4.39 Å². The maximum atomic E-state index is 12.6. The summed E-state index contributed by atoms with van der Waals surface area (Å²) in [4.78, 5) is 3.92. The van der Waals surface area contributed by atoms with Crippen molar-refractivity contribution >= 4 is 50.9 Å². The van der Waals surface area contributed by atoms with Crippen LogP contribution in [-0.4, -0.2) is 13.9 Å².